The molecule has 152 valence electrons. The monoisotopic (exact) mass is 383 g/mol. The summed E-state index contributed by atoms with van der Waals surface area (Å²) in [4.78, 5) is 49.7. The largest absolute Gasteiger partial charge is 0.479 e. The van der Waals surface area contributed by atoms with Gasteiger partial charge in [-0.15, -0.1) is 0 Å². The van der Waals surface area contributed by atoms with Crippen molar-refractivity contribution in [1.29, 1.82) is 0 Å². The lowest BCUT2D eigenvalue weighted by Crippen LogP contribution is -2.54. The highest BCUT2D eigenvalue weighted by Crippen LogP contribution is 2.46. The zero-order valence-electron chi connectivity index (χ0n) is 16.3. The van der Waals surface area contributed by atoms with Crippen molar-refractivity contribution < 1.29 is 29.0 Å². The lowest BCUT2D eigenvalue weighted by atomic mass is 10.1. The summed E-state index contributed by atoms with van der Waals surface area (Å²) in [5.41, 5.74) is -1.88. The summed E-state index contributed by atoms with van der Waals surface area (Å²) in [5.74, 6) is -1.97. The molecule has 3 N–H and O–H groups in total. The van der Waals surface area contributed by atoms with Crippen molar-refractivity contribution in [3.05, 3.63) is 0 Å². The molecule has 2 aliphatic rings. The van der Waals surface area contributed by atoms with E-state index in [4.69, 9.17) is 4.74 Å². The Kier molecular flexibility index (Phi) is 6.01. The van der Waals surface area contributed by atoms with Gasteiger partial charge in [-0.3, -0.25) is 9.59 Å². The van der Waals surface area contributed by atoms with Crippen molar-refractivity contribution in [3.8, 4) is 0 Å². The number of ether oxygens (including phenoxy) is 1. The Morgan fingerprint density at radius 3 is 2.44 bits per heavy atom. The van der Waals surface area contributed by atoms with Gasteiger partial charge in [-0.25, -0.2) is 9.59 Å². The van der Waals surface area contributed by atoms with Gasteiger partial charge in [0.05, 0.1) is 0 Å². The lowest BCUT2D eigenvalue weighted by molar-refractivity contribution is -0.145. The van der Waals surface area contributed by atoms with Crippen LogP contribution in [0.4, 0.5) is 4.79 Å². The molecule has 0 aromatic carbocycles. The first-order valence-electron chi connectivity index (χ1n) is 9.32. The molecule has 1 aliphatic heterocycles. The Bertz CT molecular complexity index is 629. The summed E-state index contributed by atoms with van der Waals surface area (Å²) < 4.78 is 5.08. The molecule has 9 nitrogen and oxygen atoms in total. The SMILES string of the molecule is CC[C@@H]1C[C@]1(NC(=O)[C@@H]1CCCN1C(=O)CNC(=O)OC(C)(C)C)C(=O)O. The van der Waals surface area contributed by atoms with Crippen LogP contribution in [0.2, 0.25) is 0 Å². The summed E-state index contributed by atoms with van der Waals surface area (Å²) >= 11 is 0. The Morgan fingerprint density at radius 1 is 1.26 bits per heavy atom. The summed E-state index contributed by atoms with van der Waals surface area (Å²) in [6, 6.07) is -0.715. The third-order valence-corrected chi connectivity index (χ3v) is 4.98. The van der Waals surface area contributed by atoms with Crippen LogP contribution in [-0.2, 0) is 19.1 Å². The molecule has 0 aromatic rings. The van der Waals surface area contributed by atoms with Gasteiger partial charge in [0.1, 0.15) is 23.7 Å². The van der Waals surface area contributed by atoms with Crippen LogP contribution in [0.25, 0.3) is 0 Å². The number of hydrogen-bond acceptors (Lipinski definition) is 5. The molecule has 1 aliphatic carbocycles. The average molecular weight is 383 g/mol. The van der Waals surface area contributed by atoms with Crippen LogP contribution in [0.5, 0.6) is 0 Å². The fourth-order valence-corrected chi connectivity index (χ4v) is 3.50. The average Bonchev–Trinajstić information content (AvgIpc) is 3.04. The first-order chi connectivity index (χ1) is 12.5. The van der Waals surface area contributed by atoms with Gasteiger partial charge in [0, 0.05) is 6.54 Å². The molecule has 9 heteroatoms. The second-order valence-electron chi connectivity index (χ2n) is 8.18. The second kappa shape index (κ2) is 7.74. The van der Waals surface area contributed by atoms with Crippen molar-refractivity contribution in [2.24, 2.45) is 5.92 Å². The van der Waals surface area contributed by atoms with Gasteiger partial charge in [0.2, 0.25) is 11.8 Å². The van der Waals surface area contributed by atoms with Crippen LogP contribution in [0, 0.1) is 5.92 Å². The fraction of sp³-hybridized carbons (Fsp3) is 0.778. The van der Waals surface area contributed by atoms with Gasteiger partial charge < -0.3 is 25.4 Å². The maximum absolute atomic E-state index is 12.6. The molecule has 2 fully saturated rings. The van der Waals surface area contributed by atoms with Crippen LogP contribution in [0.3, 0.4) is 0 Å². The molecule has 0 spiro atoms. The number of hydrogen-bond donors (Lipinski definition) is 3. The van der Waals surface area contributed by atoms with Crippen molar-refractivity contribution in [2.45, 2.75) is 70.6 Å². The quantitative estimate of drug-likeness (QED) is 0.625. The molecular formula is C18H29N3O6. The number of carbonyl (C=O) groups is 4. The van der Waals surface area contributed by atoms with E-state index in [-0.39, 0.29) is 12.5 Å². The number of carboxylic acids is 1. The second-order valence-corrected chi connectivity index (χ2v) is 8.18. The van der Waals surface area contributed by atoms with E-state index in [9.17, 15) is 24.3 Å². The molecule has 3 atom stereocenters. The smallest absolute Gasteiger partial charge is 0.408 e. The number of likely N-dealkylation sites (tertiary alicyclic amines) is 1. The molecule has 2 rings (SSSR count). The summed E-state index contributed by atoms with van der Waals surface area (Å²) in [7, 11) is 0. The van der Waals surface area contributed by atoms with Crippen molar-refractivity contribution in [3.63, 3.8) is 0 Å². The predicted molar refractivity (Wildman–Crippen MR) is 95.9 cm³/mol. The van der Waals surface area contributed by atoms with E-state index in [0.717, 1.165) is 0 Å². The zero-order chi connectivity index (χ0) is 20.4. The minimum absolute atomic E-state index is 0.0849. The van der Waals surface area contributed by atoms with Crippen LogP contribution in [0.15, 0.2) is 0 Å². The van der Waals surface area contributed by atoms with E-state index in [1.54, 1.807) is 20.8 Å². The van der Waals surface area contributed by atoms with E-state index in [1.807, 2.05) is 6.92 Å². The number of aliphatic carboxylic acids is 1. The third-order valence-electron chi connectivity index (χ3n) is 4.98. The number of alkyl carbamates (subject to hydrolysis) is 1. The topological polar surface area (TPSA) is 125 Å². The number of carboxylic acid groups (broad SMARTS) is 1. The van der Waals surface area contributed by atoms with E-state index in [1.165, 1.54) is 4.90 Å². The van der Waals surface area contributed by atoms with Crippen molar-refractivity contribution in [2.75, 3.05) is 13.1 Å². The summed E-state index contributed by atoms with van der Waals surface area (Å²) in [6.07, 6.45) is 1.49. The van der Waals surface area contributed by atoms with Crippen LogP contribution in [-0.4, -0.2) is 64.2 Å². The van der Waals surface area contributed by atoms with Gasteiger partial charge in [-0.1, -0.05) is 13.3 Å². The number of nitrogens with zero attached hydrogens (tertiary/aromatic N) is 1. The summed E-state index contributed by atoms with van der Waals surface area (Å²) in [6.45, 7) is 7.15. The minimum Gasteiger partial charge on any atom is -0.479 e. The number of nitrogens with one attached hydrogen (secondary N) is 2. The first kappa shape index (κ1) is 21.0. The van der Waals surface area contributed by atoms with E-state index in [0.29, 0.717) is 32.2 Å². The van der Waals surface area contributed by atoms with Crippen LogP contribution >= 0.6 is 0 Å². The molecule has 0 unspecified atom stereocenters. The van der Waals surface area contributed by atoms with Crippen molar-refractivity contribution in [1.82, 2.24) is 15.5 Å². The first-order valence-corrected chi connectivity index (χ1v) is 9.32. The fourth-order valence-electron chi connectivity index (χ4n) is 3.50. The Labute approximate surface area is 158 Å². The zero-order valence-corrected chi connectivity index (χ0v) is 16.3. The van der Waals surface area contributed by atoms with Crippen molar-refractivity contribution >= 4 is 23.9 Å². The molecular weight excluding hydrogens is 354 g/mol. The van der Waals surface area contributed by atoms with Gasteiger partial charge in [-0.2, -0.15) is 0 Å². The van der Waals surface area contributed by atoms with Gasteiger partial charge in [-0.05, 0) is 46.0 Å². The highest BCUT2D eigenvalue weighted by atomic mass is 16.6. The third kappa shape index (κ3) is 4.90. The molecule has 1 saturated carbocycles. The standard InChI is InChI=1S/C18H29N3O6/c1-5-11-9-18(11,15(24)25)20-14(23)12-7-6-8-21(12)13(22)10-19-16(26)27-17(2,3)4/h11-12H,5-10H2,1-4H3,(H,19,26)(H,20,23)(H,24,25)/t11-,12+,18-/m1/s1. The maximum Gasteiger partial charge on any atom is 0.408 e. The molecule has 1 saturated heterocycles. The molecule has 3 amide bonds. The molecule has 1 heterocycles. The maximum atomic E-state index is 12.6. The highest BCUT2D eigenvalue weighted by Gasteiger charge is 2.61. The van der Waals surface area contributed by atoms with E-state index < -0.39 is 41.1 Å². The van der Waals surface area contributed by atoms with Crippen LogP contribution in [0.1, 0.15) is 53.4 Å². The number of carbonyl (C=O) groups excluding carboxylic acids is 3. The van der Waals surface area contributed by atoms with Gasteiger partial charge >= 0.3 is 12.1 Å². The molecule has 0 radical (unpaired) electrons. The van der Waals surface area contributed by atoms with E-state index in [2.05, 4.69) is 10.6 Å². The number of amides is 3. The summed E-state index contributed by atoms with van der Waals surface area (Å²) in [5, 5.41) is 14.5. The molecule has 0 bridgehead atoms. The van der Waals surface area contributed by atoms with Gasteiger partial charge in [0.25, 0.3) is 0 Å². The minimum atomic E-state index is -1.21. The highest BCUT2D eigenvalue weighted by molar-refractivity contribution is 5.95. The molecule has 0 aromatic heterocycles. The lowest BCUT2D eigenvalue weighted by Gasteiger charge is -2.26. The van der Waals surface area contributed by atoms with Gasteiger partial charge in [0.15, 0.2) is 0 Å². The predicted octanol–water partition coefficient (Wildman–Crippen LogP) is 0.872. The Balaban J connectivity index is 1.92. The molecule has 27 heavy (non-hydrogen) atoms. The van der Waals surface area contributed by atoms with Crippen LogP contribution < -0.4 is 10.6 Å². The number of rotatable bonds is 6. The normalized spacial score (nSPS) is 27.0. The Morgan fingerprint density at radius 2 is 1.93 bits per heavy atom. The van der Waals surface area contributed by atoms with E-state index >= 15 is 0 Å². The Hall–Kier alpha value is -2.32.